The van der Waals surface area contributed by atoms with Crippen molar-refractivity contribution in [2.75, 3.05) is 7.11 Å². The zero-order valence-corrected chi connectivity index (χ0v) is 9.83. The van der Waals surface area contributed by atoms with Gasteiger partial charge in [-0.15, -0.1) is 11.3 Å². The molecule has 6 heteroatoms. The van der Waals surface area contributed by atoms with Gasteiger partial charge in [0.2, 0.25) is 0 Å². The Balaban J connectivity index is 2.32. The molecular formula is C11H9FN2O2S. The fourth-order valence-corrected chi connectivity index (χ4v) is 2.06. The number of thiophene rings is 1. The summed E-state index contributed by atoms with van der Waals surface area (Å²) in [6, 6.07) is 3.75. The summed E-state index contributed by atoms with van der Waals surface area (Å²) in [7, 11) is 1.18. The fraction of sp³-hybridized carbons (Fsp3) is 0.182. The molecule has 0 radical (unpaired) electrons. The van der Waals surface area contributed by atoms with Gasteiger partial charge in [0.15, 0.2) is 11.5 Å². The number of halogens is 1. The van der Waals surface area contributed by atoms with Crippen LogP contribution < -0.4 is 0 Å². The minimum Gasteiger partial charge on any atom is -0.464 e. The minimum absolute atomic E-state index is 0.197. The highest BCUT2D eigenvalue weighted by molar-refractivity contribution is 7.09. The van der Waals surface area contributed by atoms with Crippen LogP contribution in [-0.2, 0) is 11.2 Å². The predicted octanol–water partition coefficient (Wildman–Crippen LogP) is 2.05. The summed E-state index contributed by atoms with van der Waals surface area (Å²) < 4.78 is 18.3. The second kappa shape index (κ2) is 5.01. The lowest BCUT2D eigenvalue weighted by Gasteiger charge is -2.03. The van der Waals surface area contributed by atoms with Crippen molar-refractivity contribution in [1.29, 1.82) is 0 Å². The zero-order valence-electron chi connectivity index (χ0n) is 9.01. The van der Waals surface area contributed by atoms with Gasteiger partial charge >= 0.3 is 5.97 Å². The second-order valence-electron chi connectivity index (χ2n) is 3.23. The molecule has 2 rings (SSSR count). The van der Waals surface area contributed by atoms with Crippen LogP contribution in [0.3, 0.4) is 0 Å². The van der Waals surface area contributed by atoms with E-state index in [4.69, 9.17) is 0 Å². The van der Waals surface area contributed by atoms with Crippen LogP contribution in [-0.4, -0.2) is 23.0 Å². The third-order valence-corrected chi connectivity index (χ3v) is 3.04. The van der Waals surface area contributed by atoms with E-state index in [2.05, 4.69) is 14.7 Å². The first kappa shape index (κ1) is 11.7. The Morgan fingerprint density at radius 1 is 1.53 bits per heavy atom. The molecule has 2 aromatic heterocycles. The zero-order chi connectivity index (χ0) is 12.3. The molecular weight excluding hydrogens is 243 g/mol. The molecule has 4 nitrogen and oxygen atoms in total. The van der Waals surface area contributed by atoms with E-state index in [0.717, 1.165) is 11.2 Å². The minimum atomic E-state index is -0.794. The topological polar surface area (TPSA) is 52.1 Å². The normalized spacial score (nSPS) is 10.2. The van der Waals surface area contributed by atoms with Gasteiger partial charge in [0.05, 0.1) is 12.8 Å². The first-order valence-corrected chi connectivity index (χ1v) is 5.70. The molecule has 0 aliphatic rings. The summed E-state index contributed by atoms with van der Waals surface area (Å²) in [5.41, 5.74) is -0.128. The van der Waals surface area contributed by atoms with Gasteiger partial charge in [-0.1, -0.05) is 6.07 Å². The molecule has 88 valence electrons. The highest BCUT2D eigenvalue weighted by Gasteiger charge is 2.18. The molecule has 0 N–H and O–H groups in total. The van der Waals surface area contributed by atoms with Crippen LogP contribution in [0.5, 0.6) is 0 Å². The molecule has 17 heavy (non-hydrogen) atoms. The number of ether oxygens (including phenoxy) is 1. The van der Waals surface area contributed by atoms with Gasteiger partial charge in [-0.05, 0) is 11.4 Å². The van der Waals surface area contributed by atoms with Crippen LogP contribution in [0.25, 0.3) is 0 Å². The first-order valence-electron chi connectivity index (χ1n) is 4.82. The first-order chi connectivity index (χ1) is 8.22. The molecule has 0 aromatic carbocycles. The lowest BCUT2D eigenvalue weighted by atomic mass is 10.2. The van der Waals surface area contributed by atoms with Crippen molar-refractivity contribution >= 4 is 17.3 Å². The summed E-state index contributed by atoms with van der Waals surface area (Å²) in [6.07, 6.45) is 1.51. The monoisotopic (exact) mass is 252 g/mol. The largest absolute Gasteiger partial charge is 0.464 e. The number of rotatable bonds is 3. The molecule has 0 aliphatic carbocycles. The van der Waals surface area contributed by atoms with Gasteiger partial charge in [-0.3, -0.25) is 0 Å². The van der Waals surface area contributed by atoms with Crippen LogP contribution in [0.4, 0.5) is 4.39 Å². The van der Waals surface area contributed by atoms with E-state index >= 15 is 0 Å². The van der Waals surface area contributed by atoms with Gasteiger partial charge in [0.25, 0.3) is 0 Å². The summed E-state index contributed by atoms with van der Waals surface area (Å²) in [4.78, 5) is 19.6. The molecule has 0 unspecified atom stereocenters. The number of methoxy groups -OCH3 is 1. The highest BCUT2D eigenvalue weighted by Crippen LogP contribution is 2.16. The number of carbonyl (C=O) groups is 1. The van der Waals surface area contributed by atoms with Crippen molar-refractivity contribution in [2.45, 2.75) is 6.42 Å². The predicted molar refractivity (Wildman–Crippen MR) is 60.5 cm³/mol. The summed E-state index contributed by atoms with van der Waals surface area (Å²) in [6.45, 7) is 0. The Morgan fingerprint density at radius 2 is 2.35 bits per heavy atom. The van der Waals surface area contributed by atoms with Crippen molar-refractivity contribution < 1.29 is 13.9 Å². The standard InChI is InChI=1S/C11H9FN2O2S/c1-16-11(15)10-9(12)8(13-6-14-10)5-7-3-2-4-17-7/h2-4,6H,5H2,1H3. The maximum absolute atomic E-state index is 13.9. The van der Waals surface area contributed by atoms with E-state index in [1.165, 1.54) is 18.4 Å². The number of hydrogen-bond donors (Lipinski definition) is 0. The third kappa shape index (κ3) is 2.47. The van der Waals surface area contributed by atoms with Gasteiger partial charge in [-0.2, -0.15) is 0 Å². The molecule has 0 bridgehead atoms. The Labute approximate surface area is 101 Å². The van der Waals surface area contributed by atoms with Gasteiger partial charge < -0.3 is 4.74 Å². The van der Waals surface area contributed by atoms with E-state index in [9.17, 15) is 9.18 Å². The van der Waals surface area contributed by atoms with Crippen molar-refractivity contribution in [1.82, 2.24) is 9.97 Å². The molecule has 2 aromatic rings. The summed E-state index contributed by atoms with van der Waals surface area (Å²) >= 11 is 1.50. The molecule has 0 saturated carbocycles. The van der Waals surface area contributed by atoms with Crippen LogP contribution in [0, 0.1) is 5.82 Å². The van der Waals surface area contributed by atoms with E-state index in [1.807, 2.05) is 17.5 Å². The molecule has 0 spiro atoms. The van der Waals surface area contributed by atoms with Crippen LogP contribution in [0.1, 0.15) is 21.1 Å². The van der Waals surface area contributed by atoms with Crippen LogP contribution in [0.2, 0.25) is 0 Å². The fourth-order valence-electron chi connectivity index (χ4n) is 1.35. The number of hydrogen-bond acceptors (Lipinski definition) is 5. The summed E-state index contributed by atoms with van der Waals surface area (Å²) in [5.74, 6) is -1.51. The summed E-state index contributed by atoms with van der Waals surface area (Å²) in [5, 5.41) is 1.90. The quantitative estimate of drug-likeness (QED) is 0.784. The van der Waals surface area contributed by atoms with E-state index in [-0.39, 0.29) is 11.4 Å². The Hall–Kier alpha value is -1.82. The number of nitrogens with zero attached hydrogens (tertiary/aromatic N) is 2. The highest BCUT2D eigenvalue weighted by atomic mass is 32.1. The van der Waals surface area contributed by atoms with E-state index < -0.39 is 11.8 Å². The molecule has 0 saturated heterocycles. The van der Waals surface area contributed by atoms with Crippen molar-refractivity contribution in [3.05, 3.63) is 45.9 Å². The molecule has 0 atom stereocenters. The Morgan fingerprint density at radius 3 is 3.00 bits per heavy atom. The lowest BCUT2D eigenvalue weighted by molar-refractivity contribution is 0.0587. The molecule has 0 amide bonds. The van der Waals surface area contributed by atoms with Crippen LogP contribution >= 0.6 is 11.3 Å². The smallest absolute Gasteiger partial charge is 0.359 e. The molecule has 0 aliphatic heterocycles. The van der Waals surface area contributed by atoms with Crippen molar-refractivity contribution in [3.8, 4) is 0 Å². The molecule has 2 heterocycles. The Kier molecular flexibility index (Phi) is 3.43. The third-order valence-electron chi connectivity index (χ3n) is 2.16. The lowest BCUT2D eigenvalue weighted by Crippen LogP contribution is -2.11. The number of esters is 1. The van der Waals surface area contributed by atoms with E-state index in [0.29, 0.717) is 6.42 Å². The average Bonchev–Trinajstić information content (AvgIpc) is 2.84. The van der Waals surface area contributed by atoms with Gasteiger partial charge in [0.1, 0.15) is 6.33 Å². The molecule has 0 fully saturated rings. The van der Waals surface area contributed by atoms with E-state index in [1.54, 1.807) is 0 Å². The van der Waals surface area contributed by atoms with Crippen molar-refractivity contribution in [3.63, 3.8) is 0 Å². The SMILES string of the molecule is COC(=O)c1ncnc(Cc2cccs2)c1F. The number of carbonyl (C=O) groups excluding carboxylic acids is 1. The average molecular weight is 252 g/mol. The van der Waals surface area contributed by atoms with Gasteiger partial charge in [0, 0.05) is 11.3 Å². The number of aromatic nitrogens is 2. The van der Waals surface area contributed by atoms with Crippen molar-refractivity contribution in [2.24, 2.45) is 0 Å². The van der Waals surface area contributed by atoms with Gasteiger partial charge in [-0.25, -0.2) is 19.2 Å². The maximum atomic E-state index is 13.9. The Bertz CT molecular complexity index is 528. The second-order valence-corrected chi connectivity index (χ2v) is 4.26. The van der Waals surface area contributed by atoms with Crippen LogP contribution in [0.15, 0.2) is 23.8 Å². The maximum Gasteiger partial charge on any atom is 0.359 e.